The number of epoxide rings is 1. The van der Waals surface area contributed by atoms with Crippen LogP contribution in [-0.4, -0.2) is 56.1 Å². The number of nitrogens with zero attached hydrogens (tertiary/aromatic N) is 1. The van der Waals surface area contributed by atoms with Crippen molar-refractivity contribution in [1.82, 2.24) is 0 Å². The highest BCUT2D eigenvalue weighted by atomic mass is 35.5. The van der Waals surface area contributed by atoms with E-state index in [1.54, 1.807) is 0 Å². The number of likely N-dealkylation sites (N-methyl/N-ethyl adjacent to an activating group) is 1. The van der Waals surface area contributed by atoms with E-state index in [4.69, 9.17) is 9.84 Å². The van der Waals surface area contributed by atoms with Gasteiger partial charge in [-0.15, -0.1) is 0 Å². The number of rotatable bonds is 7. The predicted molar refractivity (Wildman–Crippen MR) is 52.5 cm³/mol. The smallest absolute Gasteiger partial charge is 0.102 e. The molecule has 86 valence electrons. The maximum absolute atomic E-state index is 8.82. The molecule has 1 aliphatic heterocycles. The third kappa shape index (κ3) is 6.60. The van der Waals surface area contributed by atoms with Gasteiger partial charge in [0.1, 0.15) is 6.54 Å². The fourth-order valence-electron chi connectivity index (χ4n) is 1.53. The fraction of sp³-hybridized carbons (Fsp3) is 1.00. The van der Waals surface area contributed by atoms with Crippen LogP contribution in [0.3, 0.4) is 0 Å². The third-order valence-electron chi connectivity index (χ3n) is 2.65. The van der Waals surface area contributed by atoms with Crippen LogP contribution in [0.25, 0.3) is 0 Å². The van der Waals surface area contributed by atoms with E-state index in [0.717, 1.165) is 24.2 Å². The maximum atomic E-state index is 8.82. The minimum atomic E-state index is 0. The minimum Gasteiger partial charge on any atom is -1.00 e. The van der Waals surface area contributed by atoms with E-state index >= 15 is 0 Å². The van der Waals surface area contributed by atoms with E-state index < -0.39 is 0 Å². The zero-order valence-electron chi connectivity index (χ0n) is 9.21. The molecule has 0 spiro atoms. The molecule has 1 rings (SSSR count). The maximum Gasteiger partial charge on any atom is 0.102 e. The van der Waals surface area contributed by atoms with E-state index in [1.807, 2.05) is 0 Å². The van der Waals surface area contributed by atoms with Crippen molar-refractivity contribution in [2.45, 2.75) is 25.4 Å². The van der Waals surface area contributed by atoms with Crippen LogP contribution in [0, 0.1) is 0 Å². The van der Waals surface area contributed by atoms with Crippen LogP contribution in [0.5, 0.6) is 0 Å². The molecule has 3 nitrogen and oxygen atoms in total. The molecule has 1 atom stereocenters. The topological polar surface area (TPSA) is 32.8 Å². The van der Waals surface area contributed by atoms with Crippen molar-refractivity contribution < 1.29 is 26.7 Å². The SMILES string of the molecule is C[N+](C)(CCO)CCCCC1CO1.[Cl-]. The zero-order chi connectivity index (χ0) is 9.73. The predicted octanol–water partition coefficient (Wildman–Crippen LogP) is -2.37. The first kappa shape index (κ1) is 14.2. The second-order valence-corrected chi connectivity index (χ2v) is 4.56. The molecule has 0 radical (unpaired) electrons. The van der Waals surface area contributed by atoms with E-state index in [0.29, 0.717) is 12.7 Å². The molecule has 0 aliphatic carbocycles. The lowest BCUT2D eigenvalue weighted by molar-refractivity contribution is -0.890. The molecule has 14 heavy (non-hydrogen) atoms. The highest BCUT2D eigenvalue weighted by Gasteiger charge is 2.22. The number of aliphatic hydroxyl groups excluding tert-OH is 1. The monoisotopic (exact) mass is 223 g/mol. The Bertz CT molecular complexity index is 149. The Morgan fingerprint density at radius 2 is 1.93 bits per heavy atom. The Morgan fingerprint density at radius 3 is 2.43 bits per heavy atom. The number of quaternary nitrogens is 1. The number of unbranched alkanes of at least 4 members (excludes halogenated alkanes) is 1. The molecule has 1 N–H and O–H groups in total. The molecular weight excluding hydrogens is 202 g/mol. The third-order valence-corrected chi connectivity index (χ3v) is 2.65. The van der Waals surface area contributed by atoms with Gasteiger partial charge in [-0.1, -0.05) is 0 Å². The molecule has 0 bridgehead atoms. The molecule has 1 heterocycles. The number of ether oxygens (including phenoxy) is 1. The van der Waals surface area contributed by atoms with E-state index in [9.17, 15) is 0 Å². The van der Waals surface area contributed by atoms with Crippen molar-refractivity contribution in [2.75, 3.05) is 40.4 Å². The van der Waals surface area contributed by atoms with Crippen molar-refractivity contribution in [3.63, 3.8) is 0 Å². The van der Waals surface area contributed by atoms with Crippen molar-refractivity contribution in [1.29, 1.82) is 0 Å². The summed E-state index contributed by atoms with van der Waals surface area (Å²) in [6.07, 6.45) is 4.30. The fourth-order valence-corrected chi connectivity index (χ4v) is 1.53. The van der Waals surface area contributed by atoms with Crippen LogP contribution in [-0.2, 0) is 4.74 Å². The van der Waals surface area contributed by atoms with Gasteiger partial charge in [-0.2, -0.15) is 0 Å². The van der Waals surface area contributed by atoms with Gasteiger partial charge in [0.05, 0.1) is 40.0 Å². The van der Waals surface area contributed by atoms with Gasteiger partial charge in [0, 0.05) is 0 Å². The highest BCUT2D eigenvalue weighted by Crippen LogP contribution is 2.16. The van der Waals surface area contributed by atoms with Crippen LogP contribution in [0.15, 0.2) is 0 Å². The van der Waals surface area contributed by atoms with Gasteiger partial charge in [0.25, 0.3) is 0 Å². The van der Waals surface area contributed by atoms with E-state index in [2.05, 4.69) is 14.1 Å². The summed E-state index contributed by atoms with van der Waals surface area (Å²) in [6, 6.07) is 0. The summed E-state index contributed by atoms with van der Waals surface area (Å²) in [4.78, 5) is 0. The number of aliphatic hydroxyl groups is 1. The second kappa shape index (κ2) is 6.62. The van der Waals surface area contributed by atoms with Gasteiger partial charge in [-0.25, -0.2) is 0 Å². The van der Waals surface area contributed by atoms with Crippen LogP contribution in [0.4, 0.5) is 0 Å². The first-order valence-electron chi connectivity index (χ1n) is 5.18. The molecule has 4 heteroatoms. The molecule has 0 amide bonds. The van der Waals surface area contributed by atoms with Crippen LogP contribution >= 0.6 is 0 Å². The zero-order valence-corrected chi connectivity index (χ0v) is 9.96. The van der Waals surface area contributed by atoms with Crippen molar-refractivity contribution in [3.05, 3.63) is 0 Å². The Labute approximate surface area is 93.0 Å². The van der Waals surface area contributed by atoms with E-state index in [-0.39, 0.29) is 12.4 Å². The Morgan fingerprint density at radius 1 is 1.29 bits per heavy atom. The van der Waals surface area contributed by atoms with Gasteiger partial charge in [0.2, 0.25) is 0 Å². The van der Waals surface area contributed by atoms with Crippen LogP contribution < -0.4 is 12.4 Å². The van der Waals surface area contributed by atoms with Gasteiger partial charge in [-0.3, -0.25) is 0 Å². The lowest BCUT2D eigenvalue weighted by atomic mass is 10.2. The molecule has 0 saturated carbocycles. The van der Waals surface area contributed by atoms with Crippen molar-refractivity contribution >= 4 is 0 Å². The second-order valence-electron chi connectivity index (χ2n) is 4.56. The minimum absolute atomic E-state index is 0. The summed E-state index contributed by atoms with van der Waals surface area (Å²) in [5.41, 5.74) is 0. The Hall–Kier alpha value is 0.170. The molecule has 1 saturated heterocycles. The van der Waals surface area contributed by atoms with Crippen LogP contribution in [0.1, 0.15) is 19.3 Å². The normalized spacial score (nSPS) is 20.4. The number of halogens is 1. The average molecular weight is 224 g/mol. The summed E-state index contributed by atoms with van der Waals surface area (Å²) in [6.45, 7) is 3.29. The molecule has 0 aromatic rings. The molecule has 1 aliphatic rings. The standard InChI is InChI=1S/C10H22NO2.ClH/c1-11(2,7-8-12)6-4-3-5-10-9-13-10;/h10,12H,3-9H2,1-2H3;1H/q+1;/p-1. The van der Waals surface area contributed by atoms with Gasteiger partial charge in [0.15, 0.2) is 0 Å². The van der Waals surface area contributed by atoms with E-state index in [1.165, 1.54) is 19.3 Å². The Balaban J connectivity index is 0.00000169. The lowest BCUT2D eigenvalue weighted by Crippen LogP contribution is -3.00. The summed E-state index contributed by atoms with van der Waals surface area (Å²) < 4.78 is 6.08. The molecule has 1 unspecified atom stereocenters. The Kier molecular flexibility index (Phi) is 6.70. The van der Waals surface area contributed by atoms with Gasteiger partial charge < -0.3 is 26.7 Å². The summed E-state index contributed by atoms with van der Waals surface area (Å²) in [7, 11) is 4.34. The first-order valence-corrected chi connectivity index (χ1v) is 5.18. The summed E-state index contributed by atoms with van der Waals surface area (Å²) >= 11 is 0. The average Bonchev–Trinajstić information content (AvgIpc) is 2.81. The quantitative estimate of drug-likeness (QED) is 0.297. The highest BCUT2D eigenvalue weighted by molar-refractivity contribution is 4.67. The number of hydrogen-bond acceptors (Lipinski definition) is 2. The molecular formula is C10H22ClNO2. The van der Waals surface area contributed by atoms with Crippen molar-refractivity contribution in [2.24, 2.45) is 0 Å². The molecule has 1 fully saturated rings. The summed E-state index contributed by atoms with van der Waals surface area (Å²) in [5.74, 6) is 0. The lowest BCUT2D eigenvalue weighted by Gasteiger charge is -2.28. The largest absolute Gasteiger partial charge is 1.00 e. The number of hydrogen-bond donors (Lipinski definition) is 1. The summed E-state index contributed by atoms with van der Waals surface area (Å²) in [5, 5.41) is 8.82. The molecule has 0 aromatic carbocycles. The first-order chi connectivity index (χ1) is 6.14. The van der Waals surface area contributed by atoms with Gasteiger partial charge in [-0.05, 0) is 19.3 Å². The molecule has 0 aromatic heterocycles. The van der Waals surface area contributed by atoms with Crippen molar-refractivity contribution in [3.8, 4) is 0 Å². The van der Waals surface area contributed by atoms with Crippen LogP contribution in [0.2, 0.25) is 0 Å². The van der Waals surface area contributed by atoms with Gasteiger partial charge >= 0.3 is 0 Å².